The lowest BCUT2D eigenvalue weighted by atomic mass is 9.93. The lowest BCUT2D eigenvalue weighted by molar-refractivity contribution is 0.0559. The molecule has 3 nitrogen and oxygen atoms in total. The number of alkyl halides is 1. The van der Waals surface area contributed by atoms with Gasteiger partial charge < -0.3 is 9.64 Å². The third-order valence-electron chi connectivity index (χ3n) is 4.46. The Morgan fingerprint density at radius 3 is 2.45 bits per heavy atom. The molecule has 1 aromatic rings. The number of carbonyl (C=O) groups is 1. The molecule has 2 bridgehead atoms. The highest BCUT2D eigenvalue weighted by Gasteiger charge is 2.43. The second kappa shape index (κ2) is 6.17. The van der Waals surface area contributed by atoms with Crippen LogP contribution in [-0.2, 0) is 11.3 Å². The first-order chi connectivity index (χ1) is 9.78. The smallest absolute Gasteiger partial charge is 0.410 e. The van der Waals surface area contributed by atoms with Crippen LogP contribution in [0.1, 0.15) is 31.2 Å². The molecule has 2 fully saturated rings. The Morgan fingerprint density at radius 1 is 1.20 bits per heavy atom. The molecule has 20 heavy (non-hydrogen) atoms. The normalized spacial score (nSPS) is 28.4. The molecule has 2 heterocycles. The van der Waals surface area contributed by atoms with Crippen LogP contribution in [0.4, 0.5) is 4.79 Å². The standard InChI is InChI=1S/C16H20BrNO2/c17-10-13-8-14-6-7-15(9-13)18(14)16(19)20-11-12-4-2-1-3-5-12/h1-5,13-15H,6-11H2. The van der Waals surface area contributed by atoms with Crippen molar-refractivity contribution in [2.75, 3.05) is 5.33 Å². The molecule has 3 rings (SSSR count). The molecule has 2 saturated heterocycles. The largest absolute Gasteiger partial charge is 0.445 e. The van der Waals surface area contributed by atoms with E-state index in [1.807, 2.05) is 35.2 Å². The molecule has 1 aromatic carbocycles. The number of rotatable bonds is 3. The van der Waals surface area contributed by atoms with E-state index in [4.69, 9.17) is 4.74 Å². The molecule has 2 unspecified atom stereocenters. The minimum absolute atomic E-state index is 0.130. The zero-order valence-electron chi connectivity index (χ0n) is 11.5. The van der Waals surface area contributed by atoms with Gasteiger partial charge in [0, 0.05) is 17.4 Å². The first kappa shape index (κ1) is 13.9. The number of carbonyl (C=O) groups excluding carboxylic acids is 1. The summed E-state index contributed by atoms with van der Waals surface area (Å²) in [7, 11) is 0. The molecular weight excluding hydrogens is 318 g/mol. The number of benzene rings is 1. The Kier molecular flexibility index (Phi) is 4.29. The van der Waals surface area contributed by atoms with Gasteiger partial charge >= 0.3 is 6.09 Å². The highest BCUT2D eigenvalue weighted by molar-refractivity contribution is 9.09. The molecule has 0 spiro atoms. The summed E-state index contributed by atoms with van der Waals surface area (Å²) in [5, 5.41) is 1.05. The third kappa shape index (κ3) is 2.85. The second-order valence-corrected chi connectivity index (χ2v) is 6.47. The Hall–Kier alpha value is -1.03. The van der Waals surface area contributed by atoms with Gasteiger partial charge in [0.05, 0.1) is 0 Å². The number of fused-ring (bicyclic) bond motifs is 2. The molecule has 0 aromatic heterocycles. The maximum atomic E-state index is 12.3. The molecule has 108 valence electrons. The summed E-state index contributed by atoms with van der Waals surface area (Å²) in [5.74, 6) is 0.714. The average Bonchev–Trinajstić information content (AvgIpc) is 2.76. The monoisotopic (exact) mass is 337 g/mol. The van der Waals surface area contributed by atoms with Crippen molar-refractivity contribution in [3.05, 3.63) is 35.9 Å². The van der Waals surface area contributed by atoms with Gasteiger partial charge in [-0.3, -0.25) is 0 Å². The molecule has 0 radical (unpaired) electrons. The summed E-state index contributed by atoms with van der Waals surface area (Å²) >= 11 is 3.58. The first-order valence-electron chi connectivity index (χ1n) is 7.33. The number of amides is 1. The summed E-state index contributed by atoms with van der Waals surface area (Å²) in [5.41, 5.74) is 1.04. The second-order valence-electron chi connectivity index (χ2n) is 5.82. The van der Waals surface area contributed by atoms with Crippen LogP contribution < -0.4 is 0 Å². The van der Waals surface area contributed by atoms with E-state index in [2.05, 4.69) is 15.9 Å². The summed E-state index contributed by atoms with van der Waals surface area (Å²) in [4.78, 5) is 14.3. The first-order valence-corrected chi connectivity index (χ1v) is 8.45. The number of ether oxygens (including phenoxy) is 1. The van der Waals surface area contributed by atoms with E-state index in [9.17, 15) is 4.79 Å². The van der Waals surface area contributed by atoms with Gasteiger partial charge in [-0.1, -0.05) is 46.3 Å². The van der Waals surface area contributed by atoms with Gasteiger partial charge in [0.2, 0.25) is 0 Å². The quantitative estimate of drug-likeness (QED) is 0.781. The fourth-order valence-corrected chi connectivity index (χ4v) is 4.04. The van der Waals surface area contributed by atoms with Crippen LogP contribution in [0, 0.1) is 5.92 Å². The highest BCUT2D eigenvalue weighted by Crippen LogP contribution is 2.39. The van der Waals surface area contributed by atoms with Gasteiger partial charge in [-0.25, -0.2) is 4.79 Å². The molecule has 0 N–H and O–H groups in total. The van der Waals surface area contributed by atoms with E-state index in [0.717, 1.165) is 36.6 Å². The van der Waals surface area contributed by atoms with Crippen LogP contribution in [0.5, 0.6) is 0 Å². The van der Waals surface area contributed by atoms with E-state index in [1.165, 1.54) is 0 Å². The topological polar surface area (TPSA) is 29.5 Å². The van der Waals surface area contributed by atoms with Crippen LogP contribution in [0.25, 0.3) is 0 Å². The van der Waals surface area contributed by atoms with Gasteiger partial charge in [0.25, 0.3) is 0 Å². The fourth-order valence-electron chi connectivity index (χ4n) is 3.51. The molecule has 4 heteroatoms. The van der Waals surface area contributed by atoms with Crippen LogP contribution in [0.2, 0.25) is 0 Å². The SMILES string of the molecule is O=C(OCc1ccccc1)N1C2CCC1CC(CBr)C2. The van der Waals surface area contributed by atoms with Crippen molar-refractivity contribution in [3.63, 3.8) is 0 Å². The van der Waals surface area contributed by atoms with E-state index in [-0.39, 0.29) is 6.09 Å². The number of nitrogens with zero attached hydrogens (tertiary/aromatic N) is 1. The van der Waals surface area contributed by atoms with Gasteiger partial charge in [-0.2, -0.15) is 0 Å². The van der Waals surface area contributed by atoms with Crippen molar-refractivity contribution < 1.29 is 9.53 Å². The van der Waals surface area contributed by atoms with Crippen molar-refractivity contribution in [1.29, 1.82) is 0 Å². The Bertz CT molecular complexity index is 451. The van der Waals surface area contributed by atoms with E-state index in [0.29, 0.717) is 24.6 Å². The maximum absolute atomic E-state index is 12.3. The molecule has 0 saturated carbocycles. The summed E-state index contributed by atoms with van der Waals surface area (Å²) in [6, 6.07) is 10.6. The highest BCUT2D eigenvalue weighted by atomic mass is 79.9. The Labute approximate surface area is 128 Å². The summed E-state index contributed by atoms with van der Waals surface area (Å²) in [6.07, 6.45) is 4.36. The number of hydrogen-bond donors (Lipinski definition) is 0. The Morgan fingerprint density at radius 2 is 1.85 bits per heavy atom. The van der Waals surface area contributed by atoms with Crippen molar-refractivity contribution >= 4 is 22.0 Å². The molecular formula is C16H20BrNO2. The molecule has 2 aliphatic rings. The lowest BCUT2D eigenvalue weighted by Gasteiger charge is -2.37. The minimum Gasteiger partial charge on any atom is -0.445 e. The Balaban J connectivity index is 1.58. The zero-order valence-corrected chi connectivity index (χ0v) is 13.1. The predicted octanol–water partition coefficient (Wildman–Crippen LogP) is 3.96. The third-order valence-corrected chi connectivity index (χ3v) is 5.38. The number of halogens is 1. The number of hydrogen-bond acceptors (Lipinski definition) is 2. The summed E-state index contributed by atoms with van der Waals surface area (Å²) in [6.45, 7) is 0.373. The van der Waals surface area contributed by atoms with Gasteiger partial charge in [-0.05, 0) is 37.2 Å². The van der Waals surface area contributed by atoms with Crippen LogP contribution in [0.15, 0.2) is 30.3 Å². The molecule has 1 amide bonds. The van der Waals surface area contributed by atoms with Crippen molar-refractivity contribution in [1.82, 2.24) is 4.90 Å². The van der Waals surface area contributed by atoms with Gasteiger partial charge in [0.1, 0.15) is 6.61 Å². The van der Waals surface area contributed by atoms with Crippen LogP contribution in [-0.4, -0.2) is 28.4 Å². The van der Waals surface area contributed by atoms with E-state index < -0.39 is 0 Å². The summed E-state index contributed by atoms with van der Waals surface area (Å²) < 4.78 is 5.49. The average molecular weight is 338 g/mol. The number of piperidine rings is 1. The van der Waals surface area contributed by atoms with Gasteiger partial charge in [0.15, 0.2) is 0 Å². The predicted molar refractivity (Wildman–Crippen MR) is 81.8 cm³/mol. The van der Waals surface area contributed by atoms with Gasteiger partial charge in [-0.15, -0.1) is 0 Å². The van der Waals surface area contributed by atoms with E-state index >= 15 is 0 Å². The van der Waals surface area contributed by atoms with E-state index in [1.54, 1.807) is 0 Å². The fraction of sp³-hybridized carbons (Fsp3) is 0.562. The van der Waals surface area contributed by atoms with Crippen LogP contribution in [0.3, 0.4) is 0 Å². The lowest BCUT2D eigenvalue weighted by Crippen LogP contribution is -2.47. The van der Waals surface area contributed by atoms with Crippen molar-refractivity contribution in [2.45, 2.75) is 44.4 Å². The zero-order chi connectivity index (χ0) is 13.9. The molecule has 0 aliphatic carbocycles. The molecule has 2 aliphatic heterocycles. The van der Waals surface area contributed by atoms with Crippen molar-refractivity contribution in [3.8, 4) is 0 Å². The minimum atomic E-state index is -0.130. The maximum Gasteiger partial charge on any atom is 0.410 e. The van der Waals surface area contributed by atoms with Crippen molar-refractivity contribution in [2.24, 2.45) is 5.92 Å². The molecule has 2 atom stereocenters. The van der Waals surface area contributed by atoms with Crippen LogP contribution >= 0.6 is 15.9 Å².